The first-order valence-corrected chi connectivity index (χ1v) is 6.05. The zero-order valence-corrected chi connectivity index (χ0v) is 11.4. The summed E-state index contributed by atoms with van der Waals surface area (Å²) in [5.74, 6) is 2.21. The van der Waals surface area contributed by atoms with Crippen LogP contribution in [-0.2, 0) is 0 Å². The van der Waals surface area contributed by atoms with Crippen LogP contribution in [0.15, 0.2) is 18.2 Å². The Morgan fingerprint density at radius 2 is 1.71 bits per heavy atom. The van der Waals surface area contributed by atoms with Gasteiger partial charge in [-0.3, -0.25) is 0 Å². The molecule has 1 aromatic rings. The normalized spacial score (nSPS) is 12.4. The van der Waals surface area contributed by atoms with E-state index in [4.69, 9.17) is 9.47 Å². The number of benzene rings is 1. The zero-order valence-electron chi connectivity index (χ0n) is 11.4. The Hall–Kier alpha value is -1.38. The lowest BCUT2D eigenvalue weighted by Crippen LogP contribution is -2.17. The summed E-state index contributed by atoms with van der Waals surface area (Å²) < 4.78 is 10.5. The van der Waals surface area contributed by atoms with Gasteiger partial charge in [0, 0.05) is 17.8 Å². The molecule has 1 rings (SSSR count). The Morgan fingerprint density at radius 1 is 1.06 bits per heavy atom. The Bertz CT molecular complexity index is 350. The molecule has 3 nitrogen and oxygen atoms in total. The first-order valence-electron chi connectivity index (χ1n) is 6.05. The van der Waals surface area contributed by atoms with Crippen LogP contribution >= 0.6 is 0 Å². The topological polar surface area (TPSA) is 30.5 Å². The van der Waals surface area contributed by atoms with Crippen LogP contribution in [0.5, 0.6) is 11.5 Å². The van der Waals surface area contributed by atoms with E-state index in [1.165, 1.54) is 0 Å². The van der Waals surface area contributed by atoms with Crippen molar-refractivity contribution in [3.63, 3.8) is 0 Å². The van der Waals surface area contributed by atoms with Crippen molar-refractivity contribution in [2.45, 2.75) is 33.2 Å². The van der Waals surface area contributed by atoms with Gasteiger partial charge < -0.3 is 14.8 Å². The van der Waals surface area contributed by atoms with Gasteiger partial charge in [0.1, 0.15) is 0 Å². The van der Waals surface area contributed by atoms with Crippen molar-refractivity contribution in [2.75, 3.05) is 19.5 Å². The summed E-state index contributed by atoms with van der Waals surface area (Å²) in [5.41, 5.74) is 1.07. The molecule has 1 N–H and O–H groups in total. The number of nitrogens with one attached hydrogen (secondary N) is 1. The molecule has 0 saturated carbocycles. The number of ether oxygens (including phenoxy) is 2. The average Bonchev–Trinajstić information content (AvgIpc) is 2.27. The molecule has 0 aromatic heterocycles. The predicted molar refractivity (Wildman–Crippen MR) is 72.1 cm³/mol. The van der Waals surface area contributed by atoms with E-state index in [1.807, 2.05) is 18.2 Å². The van der Waals surface area contributed by atoms with Crippen molar-refractivity contribution in [2.24, 2.45) is 5.92 Å². The summed E-state index contributed by atoms with van der Waals surface area (Å²) in [6.45, 7) is 6.65. The van der Waals surface area contributed by atoms with Gasteiger partial charge >= 0.3 is 0 Å². The van der Waals surface area contributed by atoms with Gasteiger partial charge in [-0.1, -0.05) is 13.8 Å². The second-order valence-electron chi connectivity index (χ2n) is 4.74. The van der Waals surface area contributed by atoms with Gasteiger partial charge in [0.05, 0.1) is 14.2 Å². The fourth-order valence-electron chi connectivity index (χ4n) is 1.98. The molecular weight excluding hydrogens is 214 g/mol. The van der Waals surface area contributed by atoms with E-state index in [0.29, 0.717) is 12.0 Å². The Balaban J connectivity index is 2.72. The van der Waals surface area contributed by atoms with Crippen LogP contribution in [0.4, 0.5) is 5.69 Å². The first kappa shape index (κ1) is 13.7. The summed E-state index contributed by atoms with van der Waals surface area (Å²) in [4.78, 5) is 0. The predicted octanol–water partition coefficient (Wildman–Crippen LogP) is 3.55. The highest BCUT2D eigenvalue weighted by Gasteiger charge is 2.08. The third kappa shape index (κ3) is 4.17. The summed E-state index contributed by atoms with van der Waals surface area (Å²) >= 11 is 0. The van der Waals surface area contributed by atoms with Crippen molar-refractivity contribution >= 4 is 5.69 Å². The zero-order chi connectivity index (χ0) is 12.8. The largest absolute Gasteiger partial charge is 0.493 e. The molecule has 0 aliphatic carbocycles. The van der Waals surface area contributed by atoms with Crippen LogP contribution in [0.2, 0.25) is 0 Å². The highest BCUT2D eigenvalue weighted by atomic mass is 16.5. The number of hydrogen-bond donors (Lipinski definition) is 1. The second kappa shape index (κ2) is 6.38. The van der Waals surface area contributed by atoms with E-state index >= 15 is 0 Å². The maximum atomic E-state index is 5.27. The summed E-state index contributed by atoms with van der Waals surface area (Å²) in [6, 6.07) is 6.35. The minimum absolute atomic E-state index is 0.452. The fourth-order valence-corrected chi connectivity index (χ4v) is 1.98. The van der Waals surface area contributed by atoms with Crippen molar-refractivity contribution in [3.8, 4) is 11.5 Å². The standard InChI is InChI=1S/C14H23NO2/c1-10(2)8-11(3)15-12-6-7-13(16-4)14(9-12)17-5/h6-7,9-11,15H,8H2,1-5H3. The lowest BCUT2D eigenvalue weighted by Gasteiger charge is -2.18. The lowest BCUT2D eigenvalue weighted by atomic mass is 10.1. The molecule has 0 amide bonds. The number of anilines is 1. The van der Waals surface area contributed by atoms with E-state index in [-0.39, 0.29) is 0 Å². The minimum atomic E-state index is 0.452. The molecule has 0 aliphatic heterocycles. The smallest absolute Gasteiger partial charge is 0.162 e. The summed E-state index contributed by atoms with van der Waals surface area (Å²) in [6.07, 6.45) is 1.15. The fraction of sp³-hybridized carbons (Fsp3) is 0.571. The molecule has 0 bridgehead atoms. The van der Waals surface area contributed by atoms with Crippen LogP contribution in [0.25, 0.3) is 0 Å². The summed E-state index contributed by atoms with van der Waals surface area (Å²) in [7, 11) is 3.30. The van der Waals surface area contributed by atoms with Crippen LogP contribution in [0.1, 0.15) is 27.2 Å². The molecule has 96 valence electrons. The van der Waals surface area contributed by atoms with E-state index in [9.17, 15) is 0 Å². The third-order valence-corrected chi connectivity index (χ3v) is 2.62. The molecule has 0 fully saturated rings. The number of rotatable bonds is 6. The maximum absolute atomic E-state index is 5.27. The molecule has 1 aromatic carbocycles. The first-order chi connectivity index (χ1) is 8.06. The molecular formula is C14H23NO2. The number of methoxy groups -OCH3 is 2. The maximum Gasteiger partial charge on any atom is 0.162 e. The molecule has 0 radical (unpaired) electrons. The van der Waals surface area contributed by atoms with Crippen LogP contribution in [-0.4, -0.2) is 20.3 Å². The highest BCUT2D eigenvalue weighted by Crippen LogP contribution is 2.30. The molecule has 0 spiro atoms. The quantitative estimate of drug-likeness (QED) is 0.820. The van der Waals surface area contributed by atoms with Crippen molar-refractivity contribution in [3.05, 3.63) is 18.2 Å². The minimum Gasteiger partial charge on any atom is -0.493 e. The Kier molecular flexibility index (Phi) is 5.13. The highest BCUT2D eigenvalue weighted by molar-refractivity contribution is 5.55. The van der Waals surface area contributed by atoms with E-state index < -0.39 is 0 Å². The van der Waals surface area contributed by atoms with Crippen LogP contribution in [0.3, 0.4) is 0 Å². The average molecular weight is 237 g/mol. The Labute approximate surface area is 104 Å². The van der Waals surface area contributed by atoms with Gasteiger partial charge in [-0.15, -0.1) is 0 Å². The van der Waals surface area contributed by atoms with Gasteiger partial charge in [-0.2, -0.15) is 0 Å². The monoisotopic (exact) mass is 237 g/mol. The lowest BCUT2D eigenvalue weighted by molar-refractivity contribution is 0.355. The van der Waals surface area contributed by atoms with E-state index in [1.54, 1.807) is 14.2 Å². The van der Waals surface area contributed by atoms with Crippen molar-refractivity contribution in [1.82, 2.24) is 0 Å². The molecule has 17 heavy (non-hydrogen) atoms. The van der Waals surface area contributed by atoms with Gasteiger partial charge in [0.15, 0.2) is 11.5 Å². The molecule has 1 atom stereocenters. The SMILES string of the molecule is COc1ccc(NC(C)CC(C)C)cc1OC. The van der Waals surface area contributed by atoms with Gasteiger partial charge in [0.25, 0.3) is 0 Å². The summed E-state index contributed by atoms with van der Waals surface area (Å²) in [5, 5.41) is 3.46. The second-order valence-corrected chi connectivity index (χ2v) is 4.74. The molecule has 1 unspecified atom stereocenters. The van der Waals surface area contributed by atoms with E-state index in [0.717, 1.165) is 23.6 Å². The molecule has 0 heterocycles. The number of hydrogen-bond acceptors (Lipinski definition) is 3. The van der Waals surface area contributed by atoms with Crippen molar-refractivity contribution in [1.29, 1.82) is 0 Å². The molecule has 3 heteroatoms. The Morgan fingerprint density at radius 3 is 2.24 bits per heavy atom. The van der Waals surface area contributed by atoms with E-state index in [2.05, 4.69) is 26.1 Å². The van der Waals surface area contributed by atoms with Gasteiger partial charge in [-0.25, -0.2) is 0 Å². The molecule has 0 saturated heterocycles. The van der Waals surface area contributed by atoms with Gasteiger partial charge in [-0.05, 0) is 31.4 Å². The third-order valence-electron chi connectivity index (χ3n) is 2.62. The molecule has 0 aliphatic rings. The van der Waals surface area contributed by atoms with Crippen LogP contribution < -0.4 is 14.8 Å². The van der Waals surface area contributed by atoms with Gasteiger partial charge in [0.2, 0.25) is 0 Å². The van der Waals surface area contributed by atoms with Crippen LogP contribution in [0, 0.1) is 5.92 Å². The van der Waals surface area contributed by atoms with Crippen molar-refractivity contribution < 1.29 is 9.47 Å².